The van der Waals surface area contributed by atoms with Gasteiger partial charge in [-0.05, 0) is 31.5 Å². The number of carbonyl (C=O) groups excluding carboxylic acids is 1. The lowest BCUT2D eigenvalue weighted by atomic mass is 9.85. The number of thiazole rings is 1. The molecule has 2 aromatic rings. The van der Waals surface area contributed by atoms with Gasteiger partial charge in [-0.1, -0.05) is 12.1 Å². The van der Waals surface area contributed by atoms with Crippen LogP contribution in [0.15, 0.2) is 29.6 Å². The van der Waals surface area contributed by atoms with Crippen LogP contribution in [0.4, 0.5) is 4.39 Å². The van der Waals surface area contributed by atoms with E-state index in [1.54, 1.807) is 17.5 Å². The van der Waals surface area contributed by atoms with Crippen LogP contribution in [0.3, 0.4) is 0 Å². The van der Waals surface area contributed by atoms with Crippen LogP contribution in [0.25, 0.3) is 0 Å². The fraction of sp³-hybridized carbons (Fsp3) is 0.286. The molecule has 2 nitrogen and oxygen atoms in total. The highest BCUT2D eigenvalue weighted by Gasteiger charge is 2.27. The van der Waals surface area contributed by atoms with Gasteiger partial charge in [-0.25, -0.2) is 9.37 Å². The van der Waals surface area contributed by atoms with E-state index in [1.165, 1.54) is 23.5 Å². The van der Waals surface area contributed by atoms with E-state index in [0.29, 0.717) is 5.69 Å². The van der Waals surface area contributed by atoms with E-state index < -0.39 is 0 Å². The molecule has 0 saturated heterocycles. The quantitative estimate of drug-likeness (QED) is 0.630. The molecule has 0 atom stereocenters. The minimum atomic E-state index is -0.372. The lowest BCUT2D eigenvalue weighted by molar-refractivity contribution is 0.101. The van der Waals surface area contributed by atoms with Gasteiger partial charge in [0.25, 0.3) is 0 Å². The minimum absolute atomic E-state index is 0.0693. The van der Waals surface area contributed by atoms with Gasteiger partial charge in [0.15, 0.2) is 5.78 Å². The topological polar surface area (TPSA) is 30.0 Å². The SMILES string of the molecule is CC(C)(c1ccc(F)cc1)c1nc(C(=O)CCl)cs1. The number of hydrogen-bond acceptors (Lipinski definition) is 3. The summed E-state index contributed by atoms with van der Waals surface area (Å²) in [6.07, 6.45) is 0. The number of halogens is 2. The molecule has 0 aliphatic rings. The maximum Gasteiger partial charge on any atom is 0.196 e. The van der Waals surface area contributed by atoms with Crippen LogP contribution in [-0.2, 0) is 5.41 Å². The summed E-state index contributed by atoms with van der Waals surface area (Å²) >= 11 is 6.93. The molecule has 0 bridgehead atoms. The summed E-state index contributed by atoms with van der Waals surface area (Å²) in [6.45, 7) is 3.99. The highest BCUT2D eigenvalue weighted by atomic mass is 35.5. The Morgan fingerprint density at radius 2 is 2.00 bits per heavy atom. The molecule has 0 spiro atoms. The van der Waals surface area contributed by atoms with Crippen molar-refractivity contribution in [2.45, 2.75) is 19.3 Å². The largest absolute Gasteiger partial charge is 0.291 e. The van der Waals surface area contributed by atoms with Crippen molar-refractivity contribution >= 4 is 28.7 Å². The Kier molecular flexibility index (Phi) is 4.02. The molecule has 0 aliphatic heterocycles. The molecule has 0 unspecified atom stereocenters. The van der Waals surface area contributed by atoms with Crippen molar-refractivity contribution < 1.29 is 9.18 Å². The summed E-state index contributed by atoms with van der Waals surface area (Å²) in [6, 6.07) is 6.32. The van der Waals surface area contributed by atoms with Crippen molar-refractivity contribution in [1.82, 2.24) is 4.98 Å². The highest BCUT2D eigenvalue weighted by Crippen LogP contribution is 2.33. The highest BCUT2D eigenvalue weighted by molar-refractivity contribution is 7.10. The molecule has 5 heteroatoms. The Hall–Kier alpha value is -1.26. The number of Topliss-reactive ketones (excluding diaryl/α,β-unsaturated/α-hetero) is 1. The number of benzene rings is 1. The predicted molar refractivity (Wildman–Crippen MR) is 75.7 cm³/mol. The number of nitrogens with zero attached hydrogens (tertiary/aromatic N) is 1. The minimum Gasteiger partial charge on any atom is -0.291 e. The Balaban J connectivity index is 2.36. The zero-order valence-electron chi connectivity index (χ0n) is 10.6. The molecule has 0 aliphatic carbocycles. The Labute approximate surface area is 120 Å². The smallest absolute Gasteiger partial charge is 0.196 e. The number of rotatable bonds is 4. The van der Waals surface area contributed by atoms with Crippen LogP contribution in [0.5, 0.6) is 0 Å². The molecular formula is C14H13ClFNOS. The van der Waals surface area contributed by atoms with Crippen molar-refractivity contribution in [3.63, 3.8) is 0 Å². The molecule has 1 aromatic heterocycles. The average Bonchev–Trinajstić information content (AvgIpc) is 2.88. The third-order valence-electron chi connectivity index (χ3n) is 3.01. The van der Waals surface area contributed by atoms with Crippen LogP contribution in [0, 0.1) is 5.82 Å². The van der Waals surface area contributed by atoms with Gasteiger partial charge in [0.1, 0.15) is 16.5 Å². The molecule has 1 aromatic carbocycles. The summed E-state index contributed by atoms with van der Waals surface area (Å²) in [7, 11) is 0. The average molecular weight is 298 g/mol. The second-order valence-corrected chi connectivity index (χ2v) is 5.85. The molecule has 2 rings (SSSR count). The monoisotopic (exact) mass is 297 g/mol. The number of aromatic nitrogens is 1. The van der Waals surface area contributed by atoms with E-state index in [2.05, 4.69) is 4.98 Å². The second kappa shape index (κ2) is 5.39. The van der Waals surface area contributed by atoms with Crippen LogP contribution < -0.4 is 0 Å². The first-order chi connectivity index (χ1) is 8.95. The summed E-state index contributed by atoms with van der Waals surface area (Å²) < 4.78 is 13.0. The normalized spacial score (nSPS) is 11.6. The van der Waals surface area contributed by atoms with Crippen molar-refractivity contribution in [2.75, 3.05) is 5.88 Å². The van der Waals surface area contributed by atoms with E-state index in [9.17, 15) is 9.18 Å². The van der Waals surface area contributed by atoms with E-state index in [4.69, 9.17) is 11.6 Å². The molecular weight excluding hydrogens is 285 g/mol. The van der Waals surface area contributed by atoms with E-state index in [1.807, 2.05) is 13.8 Å². The van der Waals surface area contributed by atoms with E-state index in [0.717, 1.165) is 10.6 Å². The fourth-order valence-electron chi connectivity index (χ4n) is 1.75. The van der Waals surface area contributed by atoms with Crippen LogP contribution in [0.1, 0.15) is 34.9 Å². The third-order valence-corrected chi connectivity index (χ3v) is 4.42. The first kappa shape index (κ1) is 14.2. The standard InChI is InChI=1S/C14H13ClFNOS/c1-14(2,9-3-5-10(16)6-4-9)13-17-11(8-19-13)12(18)7-15/h3-6,8H,7H2,1-2H3. The summed E-state index contributed by atoms with van der Waals surface area (Å²) in [5.41, 5.74) is 0.974. The van der Waals surface area contributed by atoms with Crippen LogP contribution >= 0.6 is 22.9 Å². The first-order valence-corrected chi connectivity index (χ1v) is 7.18. The fourth-order valence-corrected chi connectivity index (χ4v) is 2.86. The van der Waals surface area contributed by atoms with Crippen molar-refractivity contribution in [1.29, 1.82) is 0 Å². The number of carbonyl (C=O) groups is 1. The molecule has 0 radical (unpaired) electrons. The van der Waals surface area contributed by atoms with Gasteiger partial charge in [-0.3, -0.25) is 4.79 Å². The van der Waals surface area contributed by atoms with Crippen LogP contribution in [0.2, 0.25) is 0 Å². The summed E-state index contributed by atoms with van der Waals surface area (Å²) in [5.74, 6) is -0.518. The molecule has 0 amide bonds. The van der Waals surface area contributed by atoms with Crippen molar-refractivity contribution in [3.8, 4) is 0 Å². The van der Waals surface area contributed by atoms with Gasteiger partial charge < -0.3 is 0 Å². The van der Waals surface area contributed by atoms with Crippen LogP contribution in [-0.4, -0.2) is 16.6 Å². The molecule has 1 heterocycles. The second-order valence-electron chi connectivity index (χ2n) is 4.73. The number of alkyl halides is 1. The zero-order valence-corrected chi connectivity index (χ0v) is 12.2. The summed E-state index contributed by atoms with van der Waals surface area (Å²) in [4.78, 5) is 15.8. The van der Waals surface area contributed by atoms with Gasteiger partial charge >= 0.3 is 0 Å². The number of ketones is 1. The van der Waals surface area contributed by atoms with Gasteiger partial charge in [0.2, 0.25) is 0 Å². The molecule has 100 valence electrons. The Morgan fingerprint density at radius 1 is 1.37 bits per heavy atom. The Bertz CT molecular complexity index is 592. The zero-order chi connectivity index (χ0) is 14.0. The molecule has 0 saturated carbocycles. The number of hydrogen-bond donors (Lipinski definition) is 0. The van der Waals surface area contributed by atoms with Gasteiger partial charge in [0.05, 0.1) is 5.88 Å². The van der Waals surface area contributed by atoms with E-state index >= 15 is 0 Å². The van der Waals surface area contributed by atoms with Gasteiger partial charge in [-0.2, -0.15) is 0 Å². The van der Waals surface area contributed by atoms with Gasteiger partial charge in [-0.15, -0.1) is 22.9 Å². The van der Waals surface area contributed by atoms with E-state index in [-0.39, 0.29) is 22.9 Å². The van der Waals surface area contributed by atoms with Crippen molar-refractivity contribution in [2.24, 2.45) is 0 Å². The molecule has 0 fully saturated rings. The lowest BCUT2D eigenvalue weighted by Crippen LogP contribution is -2.19. The molecule has 19 heavy (non-hydrogen) atoms. The molecule has 0 N–H and O–H groups in total. The predicted octanol–water partition coefficient (Wildman–Crippen LogP) is 4.03. The third kappa shape index (κ3) is 2.85. The summed E-state index contributed by atoms with van der Waals surface area (Å²) in [5, 5.41) is 2.53. The first-order valence-electron chi connectivity index (χ1n) is 5.76. The maximum absolute atomic E-state index is 13.0. The van der Waals surface area contributed by atoms with Gasteiger partial charge in [0, 0.05) is 10.8 Å². The Morgan fingerprint density at radius 3 is 2.58 bits per heavy atom. The maximum atomic E-state index is 13.0. The van der Waals surface area contributed by atoms with Crippen molar-refractivity contribution in [3.05, 3.63) is 51.7 Å². The lowest BCUT2D eigenvalue weighted by Gasteiger charge is -2.22.